The number of nitrogens with zero attached hydrogens (tertiary/aromatic N) is 1. The first-order chi connectivity index (χ1) is 7.61. The van der Waals surface area contributed by atoms with Gasteiger partial charge in [0.15, 0.2) is 5.13 Å². The van der Waals surface area contributed by atoms with Gasteiger partial charge in [-0.05, 0) is 18.8 Å². The summed E-state index contributed by atoms with van der Waals surface area (Å²) in [6.45, 7) is 0. The molecule has 0 fully saturated rings. The number of amides is 1. The smallest absolute Gasteiger partial charge is 0.303 e. The molecule has 6 heteroatoms. The van der Waals surface area contributed by atoms with Crippen molar-refractivity contribution < 1.29 is 14.7 Å². The summed E-state index contributed by atoms with van der Waals surface area (Å²) in [5.41, 5.74) is 0.763. The van der Waals surface area contributed by atoms with Crippen molar-refractivity contribution in [3.05, 3.63) is 11.1 Å². The van der Waals surface area contributed by atoms with Gasteiger partial charge in [-0.3, -0.25) is 14.9 Å². The molecule has 0 saturated carbocycles. The van der Waals surface area contributed by atoms with Crippen LogP contribution in [0.3, 0.4) is 0 Å². The number of aryl methyl sites for hydroxylation is 1. The molecule has 84 valence electrons. The van der Waals surface area contributed by atoms with Gasteiger partial charge < -0.3 is 5.11 Å². The number of rotatable bonds is 5. The Morgan fingerprint density at radius 1 is 1.62 bits per heavy atom. The van der Waals surface area contributed by atoms with E-state index in [-0.39, 0.29) is 6.42 Å². The van der Waals surface area contributed by atoms with Crippen molar-refractivity contribution in [1.29, 1.82) is 0 Å². The molecule has 0 aliphatic heterocycles. The monoisotopic (exact) mass is 238 g/mol. The molecular formula is C10H10N2O3S. The maximum Gasteiger partial charge on any atom is 0.303 e. The van der Waals surface area contributed by atoms with Gasteiger partial charge in [-0.15, -0.1) is 17.8 Å². The number of carboxylic acids is 1. The van der Waals surface area contributed by atoms with E-state index in [1.54, 1.807) is 5.38 Å². The first kappa shape index (κ1) is 12.2. The molecule has 0 bridgehead atoms. The number of terminal acetylenes is 1. The lowest BCUT2D eigenvalue weighted by atomic mass is 10.2. The van der Waals surface area contributed by atoms with Gasteiger partial charge in [0.05, 0.1) is 5.69 Å². The average Bonchev–Trinajstić information content (AvgIpc) is 2.65. The van der Waals surface area contributed by atoms with Crippen molar-refractivity contribution in [2.24, 2.45) is 0 Å². The van der Waals surface area contributed by atoms with Crippen molar-refractivity contribution in [3.8, 4) is 12.3 Å². The van der Waals surface area contributed by atoms with Crippen LogP contribution in [0.5, 0.6) is 0 Å². The van der Waals surface area contributed by atoms with Crippen LogP contribution in [0.1, 0.15) is 18.5 Å². The third kappa shape index (κ3) is 4.11. The predicted octanol–water partition coefficient (Wildman–Crippen LogP) is 1.12. The molecule has 1 rings (SSSR count). The summed E-state index contributed by atoms with van der Waals surface area (Å²) in [6, 6.07) is 0. The first-order valence-electron chi connectivity index (χ1n) is 4.55. The SMILES string of the molecule is C#CC(=O)Nc1nc(CCCC(=O)O)cs1. The van der Waals surface area contributed by atoms with Gasteiger partial charge >= 0.3 is 11.9 Å². The quantitative estimate of drug-likeness (QED) is 0.753. The average molecular weight is 238 g/mol. The predicted molar refractivity (Wildman–Crippen MR) is 60.2 cm³/mol. The third-order valence-corrected chi connectivity index (χ3v) is 2.53. The molecule has 1 heterocycles. The lowest BCUT2D eigenvalue weighted by Crippen LogP contribution is -2.07. The van der Waals surface area contributed by atoms with Crippen molar-refractivity contribution in [2.75, 3.05) is 5.32 Å². The topological polar surface area (TPSA) is 79.3 Å². The molecule has 0 spiro atoms. The number of hydrogen-bond donors (Lipinski definition) is 2. The van der Waals surface area contributed by atoms with Crippen molar-refractivity contribution in [2.45, 2.75) is 19.3 Å². The highest BCUT2D eigenvalue weighted by molar-refractivity contribution is 7.13. The molecule has 5 nitrogen and oxygen atoms in total. The first-order valence-corrected chi connectivity index (χ1v) is 5.43. The Bertz CT molecular complexity index is 434. The molecule has 1 amide bonds. The molecule has 0 unspecified atom stereocenters. The van der Waals surface area contributed by atoms with E-state index in [1.807, 2.05) is 5.92 Å². The number of carbonyl (C=O) groups excluding carboxylic acids is 1. The molecule has 1 aromatic heterocycles. The van der Waals surface area contributed by atoms with Gasteiger partial charge in [-0.25, -0.2) is 4.98 Å². The molecule has 0 saturated heterocycles. The van der Waals surface area contributed by atoms with Gasteiger partial charge in [0.1, 0.15) is 0 Å². The Morgan fingerprint density at radius 2 is 2.38 bits per heavy atom. The highest BCUT2D eigenvalue weighted by Gasteiger charge is 2.05. The van der Waals surface area contributed by atoms with Gasteiger partial charge in [-0.2, -0.15) is 0 Å². The number of hydrogen-bond acceptors (Lipinski definition) is 4. The van der Waals surface area contributed by atoms with Gasteiger partial charge in [-0.1, -0.05) is 0 Å². The Morgan fingerprint density at radius 3 is 3.00 bits per heavy atom. The number of aliphatic carboxylic acids is 1. The molecule has 2 N–H and O–H groups in total. The lowest BCUT2D eigenvalue weighted by Gasteiger charge is -1.94. The van der Waals surface area contributed by atoms with Crippen LogP contribution in [-0.4, -0.2) is 22.0 Å². The zero-order valence-corrected chi connectivity index (χ0v) is 9.21. The fourth-order valence-electron chi connectivity index (χ4n) is 1.03. The number of carbonyl (C=O) groups is 2. The molecule has 16 heavy (non-hydrogen) atoms. The Balaban J connectivity index is 2.43. The van der Waals surface area contributed by atoms with E-state index in [1.165, 1.54) is 11.3 Å². The van der Waals surface area contributed by atoms with E-state index in [4.69, 9.17) is 11.5 Å². The standard InChI is InChI=1S/C10H10N2O3S/c1-2-8(13)12-10-11-7(6-16-10)4-3-5-9(14)15/h1,6H,3-5H2,(H,14,15)(H,11,12,13). The Labute approximate surface area is 96.5 Å². The molecule has 0 aliphatic carbocycles. The summed E-state index contributed by atoms with van der Waals surface area (Å²) in [5.74, 6) is 0.561. The molecule has 0 aliphatic rings. The minimum Gasteiger partial charge on any atom is -0.481 e. The second-order valence-electron chi connectivity index (χ2n) is 2.99. The highest BCUT2D eigenvalue weighted by Crippen LogP contribution is 2.16. The Hall–Kier alpha value is -1.87. The fourth-order valence-corrected chi connectivity index (χ4v) is 1.77. The lowest BCUT2D eigenvalue weighted by molar-refractivity contribution is -0.137. The second-order valence-corrected chi connectivity index (χ2v) is 3.85. The summed E-state index contributed by atoms with van der Waals surface area (Å²) in [5, 5.41) is 13.1. The minimum atomic E-state index is -0.823. The van der Waals surface area contributed by atoms with Crippen LogP contribution >= 0.6 is 11.3 Å². The van der Waals surface area contributed by atoms with E-state index in [2.05, 4.69) is 10.3 Å². The maximum atomic E-state index is 10.8. The minimum absolute atomic E-state index is 0.115. The zero-order valence-electron chi connectivity index (χ0n) is 8.40. The van der Waals surface area contributed by atoms with Gasteiger partial charge in [0.2, 0.25) is 0 Å². The summed E-state index contributed by atoms with van der Waals surface area (Å²) in [4.78, 5) is 25.2. The van der Waals surface area contributed by atoms with E-state index in [0.29, 0.717) is 18.0 Å². The van der Waals surface area contributed by atoms with E-state index in [9.17, 15) is 9.59 Å². The number of carboxylic acid groups (broad SMARTS) is 1. The molecular weight excluding hydrogens is 228 g/mol. The molecule has 0 radical (unpaired) electrons. The fraction of sp³-hybridized carbons (Fsp3) is 0.300. The third-order valence-electron chi connectivity index (χ3n) is 1.73. The van der Waals surface area contributed by atoms with Crippen LogP contribution in [0.4, 0.5) is 5.13 Å². The normalized spacial score (nSPS) is 9.44. The van der Waals surface area contributed by atoms with Gasteiger partial charge in [0.25, 0.3) is 0 Å². The van der Waals surface area contributed by atoms with Crippen LogP contribution in [0.15, 0.2) is 5.38 Å². The largest absolute Gasteiger partial charge is 0.481 e. The van der Waals surface area contributed by atoms with Crippen LogP contribution in [0, 0.1) is 12.3 Å². The van der Waals surface area contributed by atoms with Gasteiger partial charge in [0, 0.05) is 11.8 Å². The Kier molecular flexibility index (Phi) is 4.48. The van der Waals surface area contributed by atoms with Crippen LogP contribution in [0.25, 0.3) is 0 Å². The number of aromatic nitrogens is 1. The zero-order chi connectivity index (χ0) is 12.0. The number of nitrogens with one attached hydrogen (secondary N) is 1. The second kappa shape index (κ2) is 5.88. The van der Waals surface area contributed by atoms with Crippen molar-refractivity contribution in [3.63, 3.8) is 0 Å². The van der Waals surface area contributed by atoms with E-state index < -0.39 is 11.9 Å². The maximum absolute atomic E-state index is 10.8. The van der Waals surface area contributed by atoms with Crippen LogP contribution < -0.4 is 5.32 Å². The summed E-state index contributed by atoms with van der Waals surface area (Å²) >= 11 is 1.27. The van der Waals surface area contributed by atoms with Crippen LogP contribution in [0.2, 0.25) is 0 Å². The van der Waals surface area contributed by atoms with Crippen molar-refractivity contribution >= 4 is 28.3 Å². The van der Waals surface area contributed by atoms with Crippen LogP contribution in [-0.2, 0) is 16.0 Å². The molecule has 1 aromatic rings. The molecule has 0 aromatic carbocycles. The summed E-state index contributed by atoms with van der Waals surface area (Å²) in [6.07, 6.45) is 6.11. The van der Waals surface area contributed by atoms with Crippen molar-refractivity contribution in [1.82, 2.24) is 4.98 Å². The summed E-state index contributed by atoms with van der Waals surface area (Å²) < 4.78 is 0. The highest BCUT2D eigenvalue weighted by atomic mass is 32.1. The number of thiazole rings is 1. The van der Waals surface area contributed by atoms with E-state index >= 15 is 0 Å². The van der Waals surface area contributed by atoms with E-state index in [0.717, 1.165) is 5.69 Å². The summed E-state index contributed by atoms with van der Waals surface area (Å²) in [7, 11) is 0. The molecule has 0 atom stereocenters. The number of anilines is 1.